The molecular weight excluding hydrogens is 257 g/mol. The molecule has 1 nitrogen and oxygen atoms in total. The number of nitrogens with two attached hydrogens (primary N) is 1. The molecule has 1 aliphatic rings. The van der Waals surface area contributed by atoms with Crippen LogP contribution >= 0.6 is 15.9 Å². The lowest BCUT2D eigenvalue weighted by molar-refractivity contribution is 0.427. The van der Waals surface area contributed by atoms with E-state index >= 15 is 0 Å². The number of benzene rings is 1. The van der Waals surface area contributed by atoms with E-state index in [1.54, 1.807) is 6.07 Å². The molecule has 1 aliphatic carbocycles. The molecule has 0 aliphatic heterocycles. The lowest BCUT2D eigenvalue weighted by Gasteiger charge is -2.19. The van der Waals surface area contributed by atoms with Crippen molar-refractivity contribution in [3.05, 3.63) is 34.1 Å². The summed E-state index contributed by atoms with van der Waals surface area (Å²) in [5.74, 6) is -0.155. The van der Waals surface area contributed by atoms with Crippen molar-refractivity contribution in [1.82, 2.24) is 0 Å². The van der Waals surface area contributed by atoms with Gasteiger partial charge in [0.15, 0.2) is 0 Å². The summed E-state index contributed by atoms with van der Waals surface area (Å²) in [6, 6.07) is 5.09. The van der Waals surface area contributed by atoms with Crippen LogP contribution in [0.2, 0.25) is 0 Å². The van der Waals surface area contributed by atoms with Crippen LogP contribution in [-0.2, 0) is 6.42 Å². The second kappa shape index (κ2) is 3.87. The Hall–Kier alpha value is -0.410. The van der Waals surface area contributed by atoms with Crippen LogP contribution in [0, 0.1) is 11.2 Å². The van der Waals surface area contributed by atoms with Gasteiger partial charge in [0, 0.05) is 10.5 Å². The fourth-order valence-electron chi connectivity index (χ4n) is 1.75. The molecule has 1 saturated carbocycles. The molecule has 3 heteroatoms. The standard InChI is InChI=1S/C12H15BrFN/c1-12(4-5-12)11(15)7-8-6-9(13)2-3-10(8)14/h2-3,6,11H,4-5,7,15H2,1H3. The maximum atomic E-state index is 13.5. The summed E-state index contributed by atoms with van der Waals surface area (Å²) in [6.45, 7) is 2.17. The maximum Gasteiger partial charge on any atom is 0.126 e. The first-order chi connectivity index (χ1) is 7.01. The van der Waals surface area contributed by atoms with Gasteiger partial charge in [-0.15, -0.1) is 0 Å². The number of rotatable bonds is 3. The fraction of sp³-hybridized carbons (Fsp3) is 0.500. The third-order valence-electron chi connectivity index (χ3n) is 3.38. The van der Waals surface area contributed by atoms with Gasteiger partial charge < -0.3 is 5.73 Å². The summed E-state index contributed by atoms with van der Waals surface area (Å²) in [7, 11) is 0. The van der Waals surface area contributed by atoms with E-state index in [1.165, 1.54) is 18.9 Å². The number of halogens is 2. The second-order valence-corrected chi connectivity index (χ2v) is 5.62. The lowest BCUT2D eigenvalue weighted by atomic mass is 9.93. The van der Waals surface area contributed by atoms with Crippen LogP contribution in [0.15, 0.2) is 22.7 Å². The average Bonchev–Trinajstić information content (AvgIpc) is 2.91. The highest BCUT2D eigenvalue weighted by atomic mass is 79.9. The van der Waals surface area contributed by atoms with Crippen molar-refractivity contribution in [1.29, 1.82) is 0 Å². The van der Waals surface area contributed by atoms with Crippen molar-refractivity contribution in [3.8, 4) is 0 Å². The van der Waals surface area contributed by atoms with Gasteiger partial charge in [-0.3, -0.25) is 0 Å². The van der Waals surface area contributed by atoms with Crippen molar-refractivity contribution in [2.45, 2.75) is 32.2 Å². The Labute approximate surface area is 98.0 Å². The molecule has 1 unspecified atom stereocenters. The van der Waals surface area contributed by atoms with Gasteiger partial charge in [-0.1, -0.05) is 22.9 Å². The zero-order valence-corrected chi connectivity index (χ0v) is 10.3. The SMILES string of the molecule is CC1(C(N)Cc2cc(Br)ccc2F)CC1. The Kier molecular flexibility index (Phi) is 2.86. The Bertz CT molecular complexity index is 374. The molecule has 2 N–H and O–H groups in total. The van der Waals surface area contributed by atoms with Crippen LogP contribution in [0.1, 0.15) is 25.3 Å². The van der Waals surface area contributed by atoms with E-state index in [9.17, 15) is 4.39 Å². The van der Waals surface area contributed by atoms with E-state index in [-0.39, 0.29) is 17.3 Å². The highest BCUT2D eigenvalue weighted by molar-refractivity contribution is 9.10. The monoisotopic (exact) mass is 271 g/mol. The quantitative estimate of drug-likeness (QED) is 0.898. The molecule has 0 heterocycles. The summed E-state index contributed by atoms with van der Waals surface area (Å²) in [5, 5.41) is 0. The molecule has 15 heavy (non-hydrogen) atoms. The van der Waals surface area contributed by atoms with Crippen LogP contribution < -0.4 is 5.73 Å². The molecular formula is C12H15BrFN. The molecule has 1 aromatic rings. The summed E-state index contributed by atoms with van der Waals surface area (Å²) >= 11 is 3.34. The van der Waals surface area contributed by atoms with Crippen LogP contribution in [0.5, 0.6) is 0 Å². The van der Waals surface area contributed by atoms with Crippen LogP contribution in [-0.4, -0.2) is 6.04 Å². The van der Waals surface area contributed by atoms with Gasteiger partial charge in [0.1, 0.15) is 5.82 Å². The summed E-state index contributed by atoms with van der Waals surface area (Å²) < 4.78 is 14.4. The summed E-state index contributed by atoms with van der Waals surface area (Å²) in [5.41, 5.74) is 7.04. The van der Waals surface area contributed by atoms with E-state index in [1.807, 2.05) is 6.07 Å². The molecule has 82 valence electrons. The first-order valence-electron chi connectivity index (χ1n) is 5.21. The molecule has 0 bridgehead atoms. The van der Waals surface area contributed by atoms with Crippen molar-refractivity contribution in [2.75, 3.05) is 0 Å². The third kappa shape index (κ3) is 2.40. The van der Waals surface area contributed by atoms with E-state index in [4.69, 9.17) is 5.73 Å². The van der Waals surface area contributed by atoms with Gasteiger partial charge >= 0.3 is 0 Å². The average molecular weight is 272 g/mol. The van der Waals surface area contributed by atoms with Crippen molar-refractivity contribution in [2.24, 2.45) is 11.1 Å². The summed E-state index contributed by atoms with van der Waals surface area (Å²) in [4.78, 5) is 0. The molecule has 2 rings (SSSR count). The van der Waals surface area contributed by atoms with Gasteiger partial charge in [0.2, 0.25) is 0 Å². The lowest BCUT2D eigenvalue weighted by Crippen LogP contribution is -2.32. The molecule has 0 radical (unpaired) electrons. The van der Waals surface area contributed by atoms with Gasteiger partial charge in [0.25, 0.3) is 0 Å². The molecule has 1 aromatic carbocycles. The minimum atomic E-state index is -0.155. The van der Waals surface area contributed by atoms with E-state index in [0.717, 1.165) is 4.47 Å². The van der Waals surface area contributed by atoms with Gasteiger partial charge in [0.05, 0.1) is 0 Å². The van der Waals surface area contributed by atoms with Crippen molar-refractivity contribution >= 4 is 15.9 Å². The fourth-order valence-corrected chi connectivity index (χ4v) is 2.16. The third-order valence-corrected chi connectivity index (χ3v) is 3.87. The second-order valence-electron chi connectivity index (χ2n) is 4.70. The number of hydrogen-bond acceptors (Lipinski definition) is 1. The van der Waals surface area contributed by atoms with Crippen molar-refractivity contribution < 1.29 is 4.39 Å². The van der Waals surface area contributed by atoms with Gasteiger partial charge in [-0.05, 0) is 48.4 Å². The predicted molar refractivity (Wildman–Crippen MR) is 63.1 cm³/mol. The maximum absolute atomic E-state index is 13.5. The largest absolute Gasteiger partial charge is 0.327 e. The Morgan fingerprint density at radius 1 is 1.53 bits per heavy atom. The van der Waals surface area contributed by atoms with Crippen LogP contribution in [0.25, 0.3) is 0 Å². The topological polar surface area (TPSA) is 26.0 Å². The molecule has 0 aromatic heterocycles. The Balaban J connectivity index is 2.13. The minimum absolute atomic E-state index is 0.0706. The first kappa shape index (κ1) is 11.1. The van der Waals surface area contributed by atoms with E-state index in [0.29, 0.717) is 12.0 Å². The van der Waals surface area contributed by atoms with Gasteiger partial charge in [-0.2, -0.15) is 0 Å². The van der Waals surface area contributed by atoms with E-state index < -0.39 is 0 Å². The van der Waals surface area contributed by atoms with E-state index in [2.05, 4.69) is 22.9 Å². The van der Waals surface area contributed by atoms with Crippen LogP contribution in [0.4, 0.5) is 4.39 Å². The van der Waals surface area contributed by atoms with Gasteiger partial charge in [-0.25, -0.2) is 4.39 Å². The zero-order chi connectivity index (χ0) is 11.1. The minimum Gasteiger partial charge on any atom is -0.327 e. The van der Waals surface area contributed by atoms with Crippen LogP contribution in [0.3, 0.4) is 0 Å². The molecule has 0 spiro atoms. The molecule has 0 amide bonds. The first-order valence-corrected chi connectivity index (χ1v) is 6.00. The molecule has 1 atom stereocenters. The number of hydrogen-bond donors (Lipinski definition) is 1. The highest BCUT2D eigenvalue weighted by Gasteiger charge is 2.42. The molecule has 1 fully saturated rings. The summed E-state index contributed by atoms with van der Waals surface area (Å²) in [6.07, 6.45) is 2.97. The Morgan fingerprint density at radius 2 is 2.20 bits per heavy atom. The Morgan fingerprint density at radius 3 is 2.80 bits per heavy atom. The predicted octanol–water partition coefficient (Wildman–Crippen LogP) is 3.26. The zero-order valence-electron chi connectivity index (χ0n) is 8.76. The normalized spacial score (nSPS) is 20.0. The highest BCUT2D eigenvalue weighted by Crippen LogP contribution is 2.48. The molecule has 0 saturated heterocycles. The van der Waals surface area contributed by atoms with Crippen molar-refractivity contribution in [3.63, 3.8) is 0 Å². The smallest absolute Gasteiger partial charge is 0.126 e.